The lowest BCUT2D eigenvalue weighted by Gasteiger charge is -2.21. The summed E-state index contributed by atoms with van der Waals surface area (Å²) in [6, 6.07) is 0.235. The first-order valence-corrected chi connectivity index (χ1v) is 11.4. The molecule has 15 heteroatoms. The van der Waals surface area contributed by atoms with Crippen LogP contribution in [0.15, 0.2) is 35.4 Å². The first-order chi connectivity index (χ1) is 18.0. The van der Waals surface area contributed by atoms with Gasteiger partial charge in [0.05, 0.1) is 18.2 Å². The van der Waals surface area contributed by atoms with E-state index >= 15 is 0 Å². The van der Waals surface area contributed by atoms with Crippen LogP contribution >= 0.6 is 0 Å². The molecule has 2 N–H and O–H groups in total. The number of urea groups is 1. The number of hydrogen-bond donors (Lipinski definition) is 2. The largest absolute Gasteiger partial charge is 0.408 e. The second-order valence-corrected chi connectivity index (χ2v) is 8.36. The molecule has 3 aromatic rings. The van der Waals surface area contributed by atoms with Crippen molar-refractivity contribution in [2.45, 2.75) is 25.6 Å². The number of rotatable bonds is 7. The summed E-state index contributed by atoms with van der Waals surface area (Å²) in [6.07, 6.45) is -3.85. The summed E-state index contributed by atoms with van der Waals surface area (Å²) in [6.45, 7) is 1.46. The van der Waals surface area contributed by atoms with Crippen molar-refractivity contribution in [3.63, 3.8) is 0 Å². The number of hydrogen-bond acceptors (Lipinski definition) is 6. The number of carbonyl (C=O) groups is 2. The topological polar surface area (TPSA) is 121 Å². The van der Waals surface area contributed by atoms with Crippen molar-refractivity contribution in [3.05, 3.63) is 58.0 Å². The molecular weight excluding hydrogens is 519 g/mol. The Morgan fingerprint density at radius 1 is 1.21 bits per heavy atom. The summed E-state index contributed by atoms with van der Waals surface area (Å²) >= 11 is 0. The summed E-state index contributed by atoms with van der Waals surface area (Å²) in [7, 11) is 0. The number of anilines is 1. The highest BCUT2D eigenvalue weighted by Gasteiger charge is 2.40. The summed E-state index contributed by atoms with van der Waals surface area (Å²) < 4.78 is 68.8. The van der Waals surface area contributed by atoms with Gasteiger partial charge in [-0.3, -0.25) is 19.1 Å². The lowest BCUT2D eigenvalue weighted by atomic mass is 10.1. The smallest absolute Gasteiger partial charge is 0.395 e. The minimum absolute atomic E-state index is 0.0407. The van der Waals surface area contributed by atoms with E-state index in [1.165, 1.54) is 28.9 Å². The fourth-order valence-electron chi connectivity index (χ4n) is 4.03. The number of aliphatic hydroxyl groups excluding tert-OH is 1. The van der Waals surface area contributed by atoms with Crippen LogP contribution in [0.5, 0.6) is 0 Å². The molecule has 1 unspecified atom stereocenters. The molecule has 0 bridgehead atoms. The predicted molar refractivity (Wildman–Crippen MR) is 124 cm³/mol. The second-order valence-electron chi connectivity index (χ2n) is 8.36. The fraction of sp³-hybridized carbons (Fsp3) is 0.348. The molecule has 0 spiro atoms. The van der Waals surface area contributed by atoms with E-state index in [9.17, 15) is 36.3 Å². The van der Waals surface area contributed by atoms with Crippen LogP contribution in [0.1, 0.15) is 23.7 Å². The Hall–Kier alpha value is -4.14. The molecule has 3 amide bonds. The number of pyridine rings is 3. The molecule has 0 radical (unpaired) electrons. The van der Waals surface area contributed by atoms with Crippen LogP contribution in [0.25, 0.3) is 16.9 Å². The summed E-state index contributed by atoms with van der Waals surface area (Å²) in [5.74, 6) is -4.14. The van der Waals surface area contributed by atoms with E-state index in [-0.39, 0.29) is 43.1 Å². The van der Waals surface area contributed by atoms with E-state index in [4.69, 9.17) is 5.11 Å². The first-order valence-electron chi connectivity index (χ1n) is 11.4. The summed E-state index contributed by atoms with van der Waals surface area (Å²) in [5, 5.41) is 10.6. The Labute approximate surface area is 211 Å². The van der Waals surface area contributed by atoms with Crippen molar-refractivity contribution in [2.75, 3.05) is 31.1 Å². The van der Waals surface area contributed by atoms with Crippen LogP contribution in [0.2, 0.25) is 0 Å². The fourth-order valence-corrected chi connectivity index (χ4v) is 4.03. The standard InChI is InChI=1S/C23H21F5N6O4/c1-2-16(23(26,27)28)30-21(37)14-11-34(20-15(25)9-12(24)10-29-20)19-13(18(14)36)3-4-17(31-19)33-6-5-32(7-8-35)22(33)38/h3-4,9-11,16,35H,2,5-8H2,1H3,(H,30,37). The van der Waals surface area contributed by atoms with Crippen LogP contribution in [0, 0.1) is 11.6 Å². The molecule has 1 fully saturated rings. The SMILES string of the molecule is CCC(NC(=O)c1cn(-c2ncc(F)cc2F)c2nc(N3CCN(CCO)C3=O)ccc2c1=O)C(F)(F)F. The number of carbonyl (C=O) groups excluding carboxylic acids is 2. The summed E-state index contributed by atoms with van der Waals surface area (Å²) in [5.41, 5.74) is -2.04. The third-order valence-electron chi connectivity index (χ3n) is 5.95. The number of nitrogens with zero attached hydrogens (tertiary/aromatic N) is 5. The number of aliphatic hydroxyl groups is 1. The van der Waals surface area contributed by atoms with Gasteiger partial charge >= 0.3 is 12.2 Å². The Balaban J connectivity index is 1.89. The van der Waals surface area contributed by atoms with Crippen LogP contribution in [-0.2, 0) is 0 Å². The zero-order valence-corrected chi connectivity index (χ0v) is 19.8. The molecule has 10 nitrogen and oxygen atoms in total. The van der Waals surface area contributed by atoms with E-state index in [0.29, 0.717) is 12.3 Å². The second kappa shape index (κ2) is 10.3. The molecule has 1 aliphatic rings. The molecular formula is C23H21F5N6O4. The van der Waals surface area contributed by atoms with Crippen molar-refractivity contribution in [3.8, 4) is 5.82 Å². The van der Waals surface area contributed by atoms with Crippen LogP contribution in [-0.4, -0.2) is 74.9 Å². The zero-order chi connectivity index (χ0) is 27.8. The first kappa shape index (κ1) is 26.9. The molecule has 0 aromatic carbocycles. The lowest BCUT2D eigenvalue weighted by molar-refractivity contribution is -0.153. The Morgan fingerprint density at radius 2 is 1.95 bits per heavy atom. The molecule has 1 atom stereocenters. The predicted octanol–water partition coefficient (Wildman–Crippen LogP) is 2.36. The number of fused-ring (bicyclic) bond motifs is 1. The number of β-amino-alcohol motifs (C(OH)–C–C–N with tert-alkyl or cyclic N) is 1. The van der Waals surface area contributed by atoms with E-state index in [0.717, 1.165) is 10.8 Å². The number of amides is 3. The molecule has 1 saturated heterocycles. The van der Waals surface area contributed by atoms with E-state index in [1.54, 1.807) is 5.32 Å². The average molecular weight is 540 g/mol. The summed E-state index contributed by atoms with van der Waals surface area (Å²) in [4.78, 5) is 49.2. The highest BCUT2D eigenvalue weighted by atomic mass is 19.4. The maximum absolute atomic E-state index is 14.7. The molecule has 0 saturated carbocycles. The van der Waals surface area contributed by atoms with Gasteiger partial charge in [-0.25, -0.2) is 23.5 Å². The Bertz CT molecular complexity index is 1460. The van der Waals surface area contributed by atoms with Gasteiger partial charge in [-0.15, -0.1) is 0 Å². The molecule has 202 valence electrons. The van der Waals surface area contributed by atoms with Crippen molar-refractivity contribution >= 4 is 28.8 Å². The monoisotopic (exact) mass is 540 g/mol. The maximum atomic E-state index is 14.7. The van der Waals surface area contributed by atoms with Crippen molar-refractivity contribution < 1.29 is 36.6 Å². The minimum atomic E-state index is -4.78. The van der Waals surface area contributed by atoms with Gasteiger partial charge in [0.15, 0.2) is 17.3 Å². The molecule has 1 aliphatic heterocycles. The van der Waals surface area contributed by atoms with E-state index in [2.05, 4.69) is 9.97 Å². The normalized spacial score (nSPS) is 14.9. The third-order valence-corrected chi connectivity index (χ3v) is 5.95. The van der Waals surface area contributed by atoms with Crippen molar-refractivity contribution in [1.29, 1.82) is 0 Å². The molecule has 38 heavy (non-hydrogen) atoms. The van der Waals surface area contributed by atoms with Crippen LogP contribution in [0.3, 0.4) is 0 Å². The van der Waals surface area contributed by atoms with Gasteiger partial charge in [-0.1, -0.05) is 6.92 Å². The van der Waals surface area contributed by atoms with Gasteiger partial charge in [0.25, 0.3) is 5.91 Å². The maximum Gasteiger partial charge on any atom is 0.408 e. The van der Waals surface area contributed by atoms with Crippen molar-refractivity contribution in [1.82, 2.24) is 24.8 Å². The van der Waals surface area contributed by atoms with Gasteiger partial charge in [0.2, 0.25) is 5.43 Å². The molecule has 3 aromatic heterocycles. The Kier molecular flexibility index (Phi) is 7.31. The quantitative estimate of drug-likeness (QED) is 0.444. The van der Waals surface area contributed by atoms with Gasteiger partial charge < -0.3 is 15.3 Å². The highest BCUT2D eigenvalue weighted by molar-refractivity contribution is 5.98. The van der Waals surface area contributed by atoms with Gasteiger partial charge in [-0.05, 0) is 18.6 Å². The zero-order valence-electron chi connectivity index (χ0n) is 19.8. The van der Waals surface area contributed by atoms with Gasteiger partial charge in [-0.2, -0.15) is 13.2 Å². The van der Waals surface area contributed by atoms with E-state index < -0.39 is 59.0 Å². The minimum Gasteiger partial charge on any atom is -0.395 e. The van der Waals surface area contributed by atoms with Gasteiger partial charge in [0.1, 0.15) is 23.2 Å². The number of halogens is 5. The van der Waals surface area contributed by atoms with Gasteiger partial charge in [0, 0.05) is 31.9 Å². The van der Waals surface area contributed by atoms with Crippen LogP contribution < -0.4 is 15.6 Å². The molecule has 4 rings (SSSR count). The highest BCUT2D eigenvalue weighted by Crippen LogP contribution is 2.25. The molecule has 0 aliphatic carbocycles. The third kappa shape index (κ3) is 5.01. The molecule has 4 heterocycles. The lowest BCUT2D eigenvalue weighted by Crippen LogP contribution is -2.46. The van der Waals surface area contributed by atoms with Crippen molar-refractivity contribution in [2.24, 2.45) is 0 Å². The number of nitrogens with one attached hydrogen (secondary N) is 1. The Morgan fingerprint density at radius 3 is 2.58 bits per heavy atom. The van der Waals surface area contributed by atoms with E-state index in [1.807, 2.05) is 0 Å². The number of alkyl halides is 3. The van der Waals surface area contributed by atoms with Crippen LogP contribution in [0.4, 0.5) is 32.6 Å². The average Bonchev–Trinajstić information content (AvgIpc) is 3.22. The number of aromatic nitrogens is 3.